The molecular formula is C20H25N5O2S. The van der Waals surface area contributed by atoms with E-state index >= 15 is 0 Å². The molecule has 2 aromatic rings. The molecule has 2 aliphatic heterocycles. The number of nitrogens with zero attached hydrogens (tertiary/aromatic N) is 4. The first-order chi connectivity index (χ1) is 13.5. The van der Waals surface area contributed by atoms with Crippen LogP contribution in [0.3, 0.4) is 0 Å². The van der Waals surface area contributed by atoms with Crippen molar-refractivity contribution in [1.29, 1.82) is 0 Å². The summed E-state index contributed by atoms with van der Waals surface area (Å²) in [6.45, 7) is 4.55. The van der Waals surface area contributed by atoms with Crippen LogP contribution in [-0.2, 0) is 11.3 Å². The fraction of sp³-hybridized carbons (Fsp3) is 0.500. The highest BCUT2D eigenvalue weighted by atomic mass is 32.1. The molecule has 0 atom stereocenters. The van der Waals surface area contributed by atoms with Crippen molar-refractivity contribution in [3.8, 4) is 0 Å². The van der Waals surface area contributed by atoms with Gasteiger partial charge in [-0.3, -0.25) is 14.6 Å². The summed E-state index contributed by atoms with van der Waals surface area (Å²) in [4.78, 5) is 38.3. The first-order valence-electron chi connectivity index (χ1n) is 9.66. The predicted octanol–water partition coefficient (Wildman–Crippen LogP) is 2.47. The lowest BCUT2D eigenvalue weighted by atomic mass is 9.72. The number of piperidine rings is 2. The highest BCUT2D eigenvalue weighted by molar-refractivity contribution is 7.17. The molecule has 0 bridgehead atoms. The minimum Gasteiger partial charge on any atom is -0.375 e. The fourth-order valence-corrected chi connectivity index (χ4v) is 5.09. The zero-order valence-electron chi connectivity index (χ0n) is 16.1. The summed E-state index contributed by atoms with van der Waals surface area (Å²) in [6.07, 6.45) is 5.07. The molecule has 0 radical (unpaired) electrons. The van der Waals surface area contributed by atoms with E-state index in [0.717, 1.165) is 31.5 Å². The second-order valence-electron chi connectivity index (χ2n) is 7.83. The van der Waals surface area contributed by atoms with E-state index in [1.165, 1.54) is 11.3 Å². The van der Waals surface area contributed by atoms with Gasteiger partial charge in [-0.25, -0.2) is 4.98 Å². The van der Waals surface area contributed by atoms with E-state index in [-0.39, 0.29) is 17.2 Å². The van der Waals surface area contributed by atoms with Crippen LogP contribution < -0.4 is 5.73 Å². The molecule has 8 heteroatoms. The number of aromatic nitrogens is 2. The summed E-state index contributed by atoms with van der Waals surface area (Å²) in [5.74, 6) is 0.226. The average Bonchev–Trinajstić information content (AvgIpc) is 3.04. The number of rotatable bonds is 3. The number of carbonyl (C=O) groups excluding carboxylic acids is 2. The summed E-state index contributed by atoms with van der Waals surface area (Å²) in [5, 5.41) is 0.435. The van der Waals surface area contributed by atoms with Crippen LogP contribution in [0.25, 0.3) is 0 Å². The van der Waals surface area contributed by atoms with Crippen LogP contribution in [0.15, 0.2) is 24.4 Å². The van der Waals surface area contributed by atoms with Gasteiger partial charge in [0.05, 0.1) is 17.9 Å². The molecule has 2 fully saturated rings. The molecule has 2 amide bonds. The van der Waals surface area contributed by atoms with Crippen LogP contribution in [0.1, 0.15) is 46.7 Å². The van der Waals surface area contributed by atoms with Gasteiger partial charge in [-0.05, 0) is 43.7 Å². The molecule has 4 heterocycles. The van der Waals surface area contributed by atoms with Crippen molar-refractivity contribution >= 4 is 28.3 Å². The molecule has 2 aromatic heterocycles. The van der Waals surface area contributed by atoms with Gasteiger partial charge < -0.3 is 15.5 Å². The molecule has 148 valence electrons. The maximum atomic E-state index is 12.8. The van der Waals surface area contributed by atoms with Gasteiger partial charge in [-0.1, -0.05) is 17.4 Å². The first-order valence-corrected chi connectivity index (χ1v) is 10.5. The van der Waals surface area contributed by atoms with Gasteiger partial charge in [-0.2, -0.15) is 0 Å². The number of pyridine rings is 1. The number of thiazole rings is 1. The van der Waals surface area contributed by atoms with Gasteiger partial charge in [0, 0.05) is 32.3 Å². The Labute approximate surface area is 168 Å². The Morgan fingerprint density at radius 1 is 1.29 bits per heavy atom. The zero-order chi connectivity index (χ0) is 19.7. The molecule has 2 aliphatic rings. The monoisotopic (exact) mass is 399 g/mol. The summed E-state index contributed by atoms with van der Waals surface area (Å²) >= 11 is 1.26. The molecule has 2 saturated heterocycles. The number of carbonyl (C=O) groups is 2. The summed E-state index contributed by atoms with van der Waals surface area (Å²) in [5.41, 5.74) is 7.46. The summed E-state index contributed by atoms with van der Waals surface area (Å²) in [6, 6.07) is 5.79. The van der Waals surface area contributed by atoms with Crippen LogP contribution in [0.2, 0.25) is 0 Å². The van der Waals surface area contributed by atoms with E-state index in [1.807, 2.05) is 34.9 Å². The second kappa shape index (κ2) is 7.50. The van der Waals surface area contributed by atoms with E-state index in [1.54, 1.807) is 6.20 Å². The standard InChI is InChI=1S/C20H25N5O2S/c1-14-17(28-19(21)23-14)18(27)24-10-7-20(8-11-24)6-5-16(26)25(13-20)12-15-4-2-3-9-22-15/h2-4,9H,5-8,10-13H2,1H3,(H2,21,23). The van der Waals surface area contributed by atoms with Gasteiger partial charge in [-0.15, -0.1) is 0 Å². The van der Waals surface area contributed by atoms with E-state index in [4.69, 9.17) is 5.73 Å². The molecule has 1 spiro atoms. The van der Waals surface area contributed by atoms with Crippen LogP contribution in [0, 0.1) is 12.3 Å². The minimum absolute atomic E-state index is 0.0266. The number of hydrogen-bond donors (Lipinski definition) is 1. The third-order valence-electron chi connectivity index (χ3n) is 5.95. The van der Waals surface area contributed by atoms with E-state index in [9.17, 15) is 9.59 Å². The Hall–Kier alpha value is -2.48. The molecular weight excluding hydrogens is 374 g/mol. The Morgan fingerprint density at radius 2 is 2.07 bits per heavy atom. The number of amides is 2. The quantitative estimate of drug-likeness (QED) is 0.856. The molecule has 0 unspecified atom stereocenters. The maximum absolute atomic E-state index is 12.8. The highest BCUT2D eigenvalue weighted by Crippen LogP contribution is 2.41. The summed E-state index contributed by atoms with van der Waals surface area (Å²) < 4.78 is 0. The first kappa shape index (κ1) is 18.9. The van der Waals surface area contributed by atoms with E-state index in [0.29, 0.717) is 41.8 Å². The number of nitrogen functional groups attached to an aromatic ring is 1. The van der Waals surface area contributed by atoms with Gasteiger partial charge in [0.25, 0.3) is 5.91 Å². The lowest BCUT2D eigenvalue weighted by Crippen LogP contribution is -2.52. The van der Waals surface area contributed by atoms with Crippen molar-refractivity contribution in [2.45, 2.75) is 39.2 Å². The number of likely N-dealkylation sites (tertiary alicyclic amines) is 2. The van der Waals surface area contributed by atoms with Gasteiger partial charge in [0.15, 0.2) is 5.13 Å². The lowest BCUT2D eigenvalue weighted by Gasteiger charge is -2.47. The normalized spacial score (nSPS) is 19.2. The zero-order valence-corrected chi connectivity index (χ0v) is 16.9. The third-order valence-corrected chi connectivity index (χ3v) is 6.92. The van der Waals surface area contributed by atoms with Crippen molar-refractivity contribution in [3.05, 3.63) is 40.7 Å². The molecule has 4 rings (SSSR count). The van der Waals surface area contributed by atoms with Gasteiger partial charge in [0.2, 0.25) is 5.91 Å². The smallest absolute Gasteiger partial charge is 0.265 e. The Kier molecular flexibility index (Phi) is 5.05. The Morgan fingerprint density at radius 3 is 2.71 bits per heavy atom. The van der Waals surface area contributed by atoms with Crippen LogP contribution >= 0.6 is 11.3 Å². The molecule has 28 heavy (non-hydrogen) atoms. The molecule has 0 aromatic carbocycles. The van der Waals surface area contributed by atoms with E-state index < -0.39 is 0 Å². The van der Waals surface area contributed by atoms with Gasteiger partial charge in [0.1, 0.15) is 4.88 Å². The maximum Gasteiger partial charge on any atom is 0.265 e. The number of anilines is 1. The van der Waals surface area contributed by atoms with Crippen molar-refractivity contribution in [2.24, 2.45) is 5.41 Å². The number of hydrogen-bond acceptors (Lipinski definition) is 6. The highest BCUT2D eigenvalue weighted by Gasteiger charge is 2.42. The third kappa shape index (κ3) is 3.73. The molecule has 0 saturated carbocycles. The molecule has 0 aliphatic carbocycles. The molecule has 7 nitrogen and oxygen atoms in total. The predicted molar refractivity (Wildman–Crippen MR) is 108 cm³/mol. The Bertz CT molecular complexity index is 874. The van der Waals surface area contributed by atoms with Crippen molar-refractivity contribution in [3.63, 3.8) is 0 Å². The topological polar surface area (TPSA) is 92.4 Å². The van der Waals surface area contributed by atoms with Crippen molar-refractivity contribution < 1.29 is 9.59 Å². The van der Waals surface area contributed by atoms with Gasteiger partial charge >= 0.3 is 0 Å². The summed E-state index contributed by atoms with van der Waals surface area (Å²) in [7, 11) is 0. The van der Waals surface area contributed by atoms with Crippen LogP contribution in [-0.4, -0.2) is 51.2 Å². The van der Waals surface area contributed by atoms with E-state index in [2.05, 4.69) is 9.97 Å². The SMILES string of the molecule is Cc1nc(N)sc1C(=O)N1CCC2(CCC(=O)N(Cc3ccccn3)C2)CC1. The number of aryl methyl sites for hydroxylation is 1. The lowest BCUT2D eigenvalue weighted by molar-refractivity contribution is -0.139. The van der Waals surface area contributed by atoms with Crippen LogP contribution in [0.5, 0.6) is 0 Å². The van der Waals surface area contributed by atoms with Crippen molar-refractivity contribution in [1.82, 2.24) is 19.8 Å². The fourth-order valence-electron chi connectivity index (χ4n) is 4.29. The van der Waals surface area contributed by atoms with Crippen molar-refractivity contribution in [2.75, 3.05) is 25.4 Å². The van der Waals surface area contributed by atoms with Crippen LogP contribution in [0.4, 0.5) is 5.13 Å². The Balaban J connectivity index is 1.41. The largest absolute Gasteiger partial charge is 0.375 e. The number of nitrogens with two attached hydrogens (primary N) is 1. The minimum atomic E-state index is 0.0266. The molecule has 2 N–H and O–H groups in total. The second-order valence-corrected chi connectivity index (χ2v) is 8.86. The average molecular weight is 400 g/mol.